The molecule has 0 amide bonds. The molecule has 1 saturated heterocycles. The highest BCUT2D eigenvalue weighted by Crippen LogP contribution is 2.33. The van der Waals surface area contributed by atoms with Crippen LogP contribution in [0.3, 0.4) is 0 Å². The summed E-state index contributed by atoms with van der Waals surface area (Å²) in [5, 5.41) is 0. The maximum absolute atomic E-state index is 12.5. The van der Waals surface area contributed by atoms with Gasteiger partial charge in [0.1, 0.15) is 11.9 Å². The summed E-state index contributed by atoms with van der Waals surface area (Å²) in [5.74, 6) is 0.495. The van der Waals surface area contributed by atoms with Crippen LogP contribution in [0, 0.1) is 17.8 Å². The van der Waals surface area contributed by atoms with Crippen LogP contribution in [-0.4, -0.2) is 31.9 Å². The van der Waals surface area contributed by atoms with E-state index in [9.17, 15) is 4.79 Å². The average molecular weight is 413 g/mol. The summed E-state index contributed by atoms with van der Waals surface area (Å²) >= 11 is 0. The standard InChI is InChI=1S/C25H32O5/c1-17(14-28-15-21-10-12-22(27-4)13-11-21)23-18(2)24(19(3)25(26)30-23)29-16-20-8-6-5-7-9-20/h5-13,17-19,23-24H,14-16H2,1-4H3/t17-,18+,19-,23-,24+/m0/s1. The van der Waals surface area contributed by atoms with Crippen LogP contribution < -0.4 is 4.74 Å². The van der Waals surface area contributed by atoms with E-state index in [4.69, 9.17) is 18.9 Å². The highest BCUT2D eigenvalue weighted by atomic mass is 16.6. The molecule has 3 rings (SSSR count). The van der Waals surface area contributed by atoms with Gasteiger partial charge in [0.2, 0.25) is 0 Å². The minimum absolute atomic E-state index is 0.0672. The van der Waals surface area contributed by atoms with Crippen LogP contribution in [0.5, 0.6) is 5.75 Å². The number of hydrogen-bond acceptors (Lipinski definition) is 5. The zero-order chi connectivity index (χ0) is 21.5. The maximum atomic E-state index is 12.5. The number of rotatable bonds is 9. The van der Waals surface area contributed by atoms with Crippen molar-refractivity contribution in [3.8, 4) is 5.75 Å². The molecule has 1 aliphatic heterocycles. The molecule has 0 N–H and O–H groups in total. The molecule has 0 aliphatic carbocycles. The maximum Gasteiger partial charge on any atom is 0.311 e. The van der Waals surface area contributed by atoms with E-state index in [0.29, 0.717) is 19.8 Å². The van der Waals surface area contributed by atoms with Crippen molar-refractivity contribution in [2.45, 2.75) is 46.2 Å². The fourth-order valence-corrected chi connectivity index (χ4v) is 4.00. The van der Waals surface area contributed by atoms with Crippen molar-refractivity contribution in [2.24, 2.45) is 17.8 Å². The minimum atomic E-state index is -0.285. The molecule has 5 atom stereocenters. The van der Waals surface area contributed by atoms with Gasteiger partial charge < -0.3 is 18.9 Å². The Morgan fingerprint density at radius 2 is 1.63 bits per heavy atom. The van der Waals surface area contributed by atoms with E-state index in [2.05, 4.69) is 13.8 Å². The van der Waals surface area contributed by atoms with Crippen LogP contribution in [-0.2, 0) is 32.2 Å². The lowest BCUT2D eigenvalue weighted by atomic mass is 9.81. The summed E-state index contributed by atoms with van der Waals surface area (Å²) in [6.45, 7) is 7.55. The number of carbonyl (C=O) groups is 1. The average Bonchev–Trinajstić information content (AvgIpc) is 2.77. The van der Waals surface area contributed by atoms with E-state index >= 15 is 0 Å². The largest absolute Gasteiger partial charge is 0.497 e. The number of benzene rings is 2. The second-order valence-corrected chi connectivity index (χ2v) is 8.15. The lowest BCUT2D eigenvalue weighted by molar-refractivity contribution is -0.192. The number of cyclic esters (lactones) is 1. The zero-order valence-corrected chi connectivity index (χ0v) is 18.2. The number of methoxy groups -OCH3 is 1. The molecule has 0 unspecified atom stereocenters. The van der Waals surface area contributed by atoms with E-state index in [1.807, 2.05) is 61.5 Å². The Hall–Kier alpha value is -2.37. The third kappa shape index (κ3) is 5.61. The monoisotopic (exact) mass is 412 g/mol. The Bertz CT molecular complexity index is 789. The topological polar surface area (TPSA) is 54.0 Å². The van der Waals surface area contributed by atoms with E-state index < -0.39 is 0 Å². The number of hydrogen-bond donors (Lipinski definition) is 0. The first-order chi connectivity index (χ1) is 14.5. The highest BCUT2D eigenvalue weighted by Gasteiger charge is 2.44. The first kappa shape index (κ1) is 22.3. The third-order valence-electron chi connectivity index (χ3n) is 5.81. The van der Waals surface area contributed by atoms with Crippen molar-refractivity contribution >= 4 is 5.97 Å². The van der Waals surface area contributed by atoms with Crippen LogP contribution in [0.2, 0.25) is 0 Å². The number of ether oxygens (including phenoxy) is 4. The molecule has 162 valence electrons. The molecular formula is C25H32O5. The van der Waals surface area contributed by atoms with Crippen LogP contribution in [0.25, 0.3) is 0 Å². The van der Waals surface area contributed by atoms with Crippen molar-refractivity contribution < 1.29 is 23.7 Å². The van der Waals surface area contributed by atoms with Gasteiger partial charge in [-0.05, 0) is 30.2 Å². The fourth-order valence-electron chi connectivity index (χ4n) is 4.00. The molecule has 2 aromatic carbocycles. The molecule has 0 aromatic heterocycles. The first-order valence-electron chi connectivity index (χ1n) is 10.6. The van der Waals surface area contributed by atoms with E-state index in [0.717, 1.165) is 16.9 Å². The van der Waals surface area contributed by atoms with Gasteiger partial charge in [-0.25, -0.2) is 0 Å². The van der Waals surface area contributed by atoms with Crippen LogP contribution >= 0.6 is 0 Å². The molecule has 5 nitrogen and oxygen atoms in total. The zero-order valence-electron chi connectivity index (χ0n) is 18.2. The second kappa shape index (κ2) is 10.6. The van der Waals surface area contributed by atoms with Gasteiger partial charge in [-0.15, -0.1) is 0 Å². The Balaban J connectivity index is 1.54. The van der Waals surface area contributed by atoms with E-state index in [1.165, 1.54) is 0 Å². The molecule has 0 bridgehead atoms. The Morgan fingerprint density at radius 3 is 2.30 bits per heavy atom. The molecule has 0 saturated carbocycles. The fraction of sp³-hybridized carbons (Fsp3) is 0.480. The van der Waals surface area contributed by atoms with Gasteiger partial charge in [0.15, 0.2) is 0 Å². The van der Waals surface area contributed by atoms with Crippen LogP contribution in [0.15, 0.2) is 54.6 Å². The van der Waals surface area contributed by atoms with Crippen molar-refractivity contribution in [1.29, 1.82) is 0 Å². The van der Waals surface area contributed by atoms with Crippen molar-refractivity contribution in [3.63, 3.8) is 0 Å². The lowest BCUT2D eigenvalue weighted by Gasteiger charge is -2.41. The molecule has 0 spiro atoms. The minimum Gasteiger partial charge on any atom is -0.497 e. The van der Waals surface area contributed by atoms with Gasteiger partial charge >= 0.3 is 5.97 Å². The van der Waals surface area contributed by atoms with Gasteiger partial charge in [0, 0.05) is 11.8 Å². The van der Waals surface area contributed by atoms with E-state index in [1.54, 1.807) is 7.11 Å². The Morgan fingerprint density at radius 1 is 0.967 bits per heavy atom. The summed E-state index contributed by atoms with van der Waals surface area (Å²) in [6.07, 6.45) is -0.411. The number of carbonyl (C=O) groups excluding carboxylic acids is 1. The molecule has 1 fully saturated rings. The normalized spacial score (nSPS) is 24.9. The van der Waals surface area contributed by atoms with Crippen LogP contribution in [0.1, 0.15) is 31.9 Å². The summed E-state index contributed by atoms with van der Waals surface area (Å²) in [7, 11) is 1.65. The molecular weight excluding hydrogens is 380 g/mol. The molecule has 2 aromatic rings. The van der Waals surface area contributed by atoms with E-state index in [-0.39, 0.29) is 35.9 Å². The summed E-state index contributed by atoms with van der Waals surface area (Å²) in [4.78, 5) is 12.5. The Labute approximate surface area is 179 Å². The predicted octanol–water partition coefficient (Wildman–Crippen LogP) is 4.63. The second-order valence-electron chi connectivity index (χ2n) is 8.15. The smallest absolute Gasteiger partial charge is 0.311 e. The van der Waals surface area contributed by atoms with Crippen molar-refractivity contribution in [2.75, 3.05) is 13.7 Å². The van der Waals surface area contributed by atoms with Gasteiger partial charge in [0.25, 0.3) is 0 Å². The lowest BCUT2D eigenvalue weighted by Crippen LogP contribution is -2.50. The third-order valence-corrected chi connectivity index (χ3v) is 5.81. The van der Waals surface area contributed by atoms with Gasteiger partial charge in [-0.1, -0.05) is 56.3 Å². The van der Waals surface area contributed by atoms with Crippen molar-refractivity contribution in [3.05, 3.63) is 65.7 Å². The molecule has 0 radical (unpaired) electrons. The molecule has 1 heterocycles. The number of esters is 1. The quantitative estimate of drug-likeness (QED) is 0.562. The SMILES string of the molecule is COc1ccc(COC[C@H](C)[C@@H]2OC(=O)[C@@H](C)[C@H](OCc3ccccc3)[C@@H]2C)cc1. The molecule has 1 aliphatic rings. The summed E-state index contributed by atoms with van der Waals surface area (Å²) in [5.41, 5.74) is 2.18. The molecule has 30 heavy (non-hydrogen) atoms. The van der Waals surface area contributed by atoms with Gasteiger partial charge in [-0.2, -0.15) is 0 Å². The Kier molecular flexibility index (Phi) is 7.88. The first-order valence-corrected chi connectivity index (χ1v) is 10.6. The summed E-state index contributed by atoms with van der Waals surface area (Å²) in [6, 6.07) is 17.8. The summed E-state index contributed by atoms with van der Waals surface area (Å²) < 4.78 is 23.0. The highest BCUT2D eigenvalue weighted by molar-refractivity contribution is 5.74. The van der Waals surface area contributed by atoms with Crippen molar-refractivity contribution in [1.82, 2.24) is 0 Å². The predicted molar refractivity (Wildman–Crippen MR) is 115 cm³/mol. The molecule has 5 heteroatoms. The van der Waals surface area contributed by atoms with Gasteiger partial charge in [0.05, 0.1) is 39.0 Å². The van der Waals surface area contributed by atoms with Crippen LogP contribution in [0.4, 0.5) is 0 Å². The van der Waals surface area contributed by atoms with Gasteiger partial charge in [-0.3, -0.25) is 4.79 Å².